The fourth-order valence-electron chi connectivity index (χ4n) is 3.10. The quantitative estimate of drug-likeness (QED) is 0.868. The molecule has 134 valence electrons. The van der Waals surface area contributed by atoms with Crippen LogP contribution in [0.15, 0.2) is 24.3 Å². The number of carbonyl (C=O) groups excluding carboxylic acids is 1. The molecular formula is C19H30N2O3. The van der Waals surface area contributed by atoms with Gasteiger partial charge in [-0.25, -0.2) is 0 Å². The van der Waals surface area contributed by atoms with Crippen LogP contribution in [0.5, 0.6) is 0 Å². The molecule has 0 spiro atoms. The van der Waals surface area contributed by atoms with Crippen molar-refractivity contribution in [3.8, 4) is 0 Å². The van der Waals surface area contributed by atoms with E-state index in [1.165, 1.54) is 0 Å². The number of benzene rings is 1. The van der Waals surface area contributed by atoms with Gasteiger partial charge in [-0.05, 0) is 45.4 Å². The molecule has 1 saturated heterocycles. The van der Waals surface area contributed by atoms with Crippen LogP contribution in [0.3, 0.4) is 0 Å². The Kier molecular flexibility index (Phi) is 6.38. The van der Waals surface area contributed by atoms with Gasteiger partial charge in [-0.15, -0.1) is 0 Å². The number of nitrogens with zero attached hydrogens (tertiary/aromatic N) is 1. The standard InChI is InChI=1S/C19H30N2O3/c1-14-10-21(11-15(2)24-14)19(3,4)13-20-18(22)17-8-6-16(7-9-17)12-23-5/h6-9,14-15H,10-13H2,1-5H3,(H,20,22)/t14-,15-/m0/s1. The molecule has 0 aliphatic carbocycles. The van der Waals surface area contributed by atoms with Crippen LogP contribution >= 0.6 is 0 Å². The Morgan fingerprint density at radius 1 is 1.25 bits per heavy atom. The van der Waals surface area contributed by atoms with E-state index in [0.717, 1.165) is 18.7 Å². The van der Waals surface area contributed by atoms with E-state index in [-0.39, 0.29) is 23.7 Å². The normalized spacial score (nSPS) is 22.4. The predicted octanol–water partition coefficient (Wildman–Crippen LogP) is 2.45. The first-order chi connectivity index (χ1) is 11.3. The van der Waals surface area contributed by atoms with E-state index in [1.807, 2.05) is 24.3 Å². The van der Waals surface area contributed by atoms with Gasteiger partial charge in [0.15, 0.2) is 0 Å². The maximum Gasteiger partial charge on any atom is 0.251 e. The molecule has 1 aromatic carbocycles. The van der Waals surface area contributed by atoms with Gasteiger partial charge in [0.1, 0.15) is 0 Å². The summed E-state index contributed by atoms with van der Waals surface area (Å²) in [6, 6.07) is 7.54. The minimum absolute atomic E-state index is 0.0404. The molecule has 5 heteroatoms. The third kappa shape index (κ3) is 5.03. The smallest absolute Gasteiger partial charge is 0.251 e. The zero-order valence-corrected chi connectivity index (χ0v) is 15.5. The molecule has 1 fully saturated rings. The van der Waals surface area contributed by atoms with Crippen LogP contribution in [0, 0.1) is 0 Å². The Balaban J connectivity index is 1.91. The summed E-state index contributed by atoms with van der Waals surface area (Å²) in [6.45, 7) is 11.5. The molecule has 24 heavy (non-hydrogen) atoms. The van der Waals surface area contributed by atoms with E-state index in [9.17, 15) is 4.79 Å². The molecule has 0 unspecified atom stereocenters. The number of morpholine rings is 1. The molecule has 0 aromatic heterocycles. The maximum absolute atomic E-state index is 12.4. The highest BCUT2D eigenvalue weighted by atomic mass is 16.5. The van der Waals surface area contributed by atoms with Gasteiger partial charge in [0.2, 0.25) is 0 Å². The van der Waals surface area contributed by atoms with E-state index in [1.54, 1.807) is 7.11 Å². The van der Waals surface area contributed by atoms with Crippen LogP contribution in [0.2, 0.25) is 0 Å². The van der Waals surface area contributed by atoms with Gasteiger partial charge < -0.3 is 14.8 Å². The number of rotatable bonds is 6. The Morgan fingerprint density at radius 2 is 1.83 bits per heavy atom. The third-order valence-corrected chi connectivity index (χ3v) is 4.48. The molecule has 1 aliphatic heterocycles. The van der Waals surface area contributed by atoms with Crippen LogP contribution in [0.4, 0.5) is 0 Å². The number of ether oxygens (including phenoxy) is 2. The number of hydrogen-bond acceptors (Lipinski definition) is 4. The number of methoxy groups -OCH3 is 1. The second kappa shape index (κ2) is 8.10. The van der Waals surface area contributed by atoms with Crippen LogP contribution in [0.1, 0.15) is 43.6 Å². The predicted molar refractivity (Wildman–Crippen MR) is 95.1 cm³/mol. The molecule has 1 aliphatic rings. The van der Waals surface area contributed by atoms with Crippen molar-refractivity contribution in [2.24, 2.45) is 0 Å². The molecule has 2 atom stereocenters. The first-order valence-corrected chi connectivity index (χ1v) is 8.58. The van der Waals surface area contributed by atoms with Crippen LogP contribution in [-0.4, -0.2) is 55.3 Å². The van der Waals surface area contributed by atoms with Gasteiger partial charge in [0, 0.05) is 37.8 Å². The minimum atomic E-state index is -0.113. The Bertz CT molecular complexity index is 532. The van der Waals surface area contributed by atoms with Gasteiger partial charge in [0.05, 0.1) is 18.8 Å². The molecule has 2 rings (SSSR count). The summed E-state index contributed by atoms with van der Waals surface area (Å²) in [6.07, 6.45) is 0.439. The van der Waals surface area contributed by atoms with Crippen molar-refractivity contribution in [1.29, 1.82) is 0 Å². The number of nitrogens with one attached hydrogen (secondary N) is 1. The van der Waals surface area contributed by atoms with Gasteiger partial charge in [-0.1, -0.05) is 12.1 Å². The van der Waals surface area contributed by atoms with E-state index in [2.05, 4.69) is 37.9 Å². The summed E-state index contributed by atoms with van der Waals surface area (Å²) in [5, 5.41) is 3.06. The second-order valence-electron chi connectivity index (χ2n) is 7.29. The largest absolute Gasteiger partial charge is 0.380 e. The summed E-state index contributed by atoms with van der Waals surface area (Å²) < 4.78 is 10.9. The lowest BCUT2D eigenvalue weighted by Crippen LogP contribution is -2.58. The average Bonchev–Trinajstić information content (AvgIpc) is 2.53. The summed E-state index contributed by atoms with van der Waals surface area (Å²) in [7, 11) is 1.66. The highest BCUT2D eigenvalue weighted by molar-refractivity contribution is 5.94. The van der Waals surface area contributed by atoms with Gasteiger partial charge in [-0.3, -0.25) is 9.69 Å². The van der Waals surface area contributed by atoms with Crippen molar-refractivity contribution in [2.75, 3.05) is 26.7 Å². The maximum atomic E-state index is 12.4. The summed E-state index contributed by atoms with van der Waals surface area (Å²) in [5.74, 6) is -0.0404. The molecular weight excluding hydrogens is 304 g/mol. The van der Waals surface area contributed by atoms with Crippen molar-refractivity contribution in [3.05, 3.63) is 35.4 Å². The van der Waals surface area contributed by atoms with E-state index < -0.39 is 0 Å². The second-order valence-corrected chi connectivity index (χ2v) is 7.29. The van der Waals surface area contributed by atoms with Crippen molar-refractivity contribution in [3.63, 3.8) is 0 Å². The highest BCUT2D eigenvalue weighted by Crippen LogP contribution is 2.20. The molecule has 1 amide bonds. The van der Waals surface area contributed by atoms with E-state index in [0.29, 0.717) is 18.7 Å². The van der Waals surface area contributed by atoms with E-state index >= 15 is 0 Å². The first-order valence-electron chi connectivity index (χ1n) is 8.58. The number of carbonyl (C=O) groups is 1. The summed E-state index contributed by atoms with van der Waals surface area (Å²) >= 11 is 0. The lowest BCUT2D eigenvalue weighted by molar-refractivity contribution is -0.0948. The number of hydrogen-bond donors (Lipinski definition) is 1. The number of amides is 1. The van der Waals surface area contributed by atoms with Crippen LogP contribution in [-0.2, 0) is 16.1 Å². The van der Waals surface area contributed by atoms with Gasteiger partial charge in [0.25, 0.3) is 5.91 Å². The SMILES string of the molecule is COCc1ccc(C(=O)NCC(C)(C)N2C[C@H](C)O[C@@H](C)C2)cc1. The lowest BCUT2D eigenvalue weighted by Gasteiger charge is -2.45. The van der Waals surface area contributed by atoms with Gasteiger partial charge in [-0.2, -0.15) is 0 Å². The molecule has 1 heterocycles. The lowest BCUT2D eigenvalue weighted by atomic mass is 10.00. The van der Waals surface area contributed by atoms with Crippen molar-refractivity contribution >= 4 is 5.91 Å². The summed E-state index contributed by atoms with van der Waals surface area (Å²) in [4.78, 5) is 14.8. The minimum Gasteiger partial charge on any atom is -0.380 e. The molecule has 0 bridgehead atoms. The van der Waals surface area contributed by atoms with Crippen molar-refractivity contribution in [1.82, 2.24) is 10.2 Å². The fraction of sp³-hybridized carbons (Fsp3) is 0.632. The molecule has 1 N–H and O–H groups in total. The van der Waals surface area contributed by atoms with Crippen LogP contribution in [0.25, 0.3) is 0 Å². The zero-order chi connectivity index (χ0) is 17.7. The first kappa shape index (κ1) is 18.9. The molecule has 0 saturated carbocycles. The molecule has 1 aromatic rings. The zero-order valence-electron chi connectivity index (χ0n) is 15.5. The molecule has 5 nitrogen and oxygen atoms in total. The van der Waals surface area contributed by atoms with Crippen molar-refractivity contribution in [2.45, 2.75) is 52.0 Å². The monoisotopic (exact) mass is 334 g/mol. The van der Waals surface area contributed by atoms with Crippen molar-refractivity contribution < 1.29 is 14.3 Å². The van der Waals surface area contributed by atoms with Crippen LogP contribution < -0.4 is 5.32 Å². The van der Waals surface area contributed by atoms with E-state index in [4.69, 9.17) is 9.47 Å². The Hall–Kier alpha value is -1.43. The fourth-order valence-corrected chi connectivity index (χ4v) is 3.10. The highest BCUT2D eigenvalue weighted by Gasteiger charge is 2.33. The van der Waals surface area contributed by atoms with Gasteiger partial charge >= 0.3 is 0 Å². The average molecular weight is 334 g/mol. The topological polar surface area (TPSA) is 50.8 Å². The third-order valence-electron chi connectivity index (χ3n) is 4.48. The Morgan fingerprint density at radius 3 is 2.38 bits per heavy atom. The summed E-state index contributed by atoms with van der Waals surface area (Å²) in [5.41, 5.74) is 1.62. The molecule has 0 radical (unpaired) electrons. The Labute approximate surface area is 145 Å².